The summed E-state index contributed by atoms with van der Waals surface area (Å²) in [6.45, 7) is 4.35. The first kappa shape index (κ1) is 26.8. The number of pyridine rings is 1. The number of carbonyl (C=O) groups is 1. The van der Waals surface area contributed by atoms with Crippen molar-refractivity contribution in [3.63, 3.8) is 0 Å². The summed E-state index contributed by atoms with van der Waals surface area (Å²) in [6, 6.07) is 15.1. The molecule has 1 unspecified atom stereocenters. The molecule has 38 heavy (non-hydrogen) atoms. The Hall–Kier alpha value is -2.84. The van der Waals surface area contributed by atoms with Gasteiger partial charge >= 0.3 is 0 Å². The van der Waals surface area contributed by atoms with Crippen LogP contribution in [-0.2, 0) is 11.4 Å². The van der Waals surface area contributed by atoms with Gasteiger partial charge in [0.2, 0.25) is 6.23 Å². The van der Waals surface area contributed by atoms with Gasteiger partial charge in [0.25, 0.3) is 0 Å². The Bertz CT molecular complexity index is 1230. The summed E-state index contributed by atoms with van der Waals surface area (Å²) in [4.78, 5) is 21.0. The van der Waals surface area contributed by atoms with Crippen molar-refractivity contribution in [3.05, 3.63) is 70.3 Å². The average Bonchev–Trinajstić information content (AvgIpc) is 3.61. The van der Waals surface area contributed by atoms with Crippen LogP contribution in [0.25, 0.3) is 11.1 Å². The van der Waals surface area contributed by atoms with E-state index in [0.717, 1.165) is 56.4 Å². The van der Waals surface area contributed by atoms with E-state index in [4.69, 9.17) is 38.4 Å². The minimum absolute atomic E-state index is 0.170. The molecule has 0 spiro atoms. The average molecular weight is 556 g/mol. The molecule has 5 rings (SSSR count). The van der Waals surface area contributed by atoms with Gasteiger partial charge in [-0.2, -0.15) is 0 Å². The molecule has 3 aromatic rings. The van der Waals surface area contributed by atoms with Crippen molar-refractivity contribution in [3.8, 4) is 22.6 Å². The number of hydrogen-bond donors (Lipinski definition) is 1. The van der Waals surface area contributed by atoms with Crippen molar-refractivity contribution in [1.29, 1.82) is 0 Å². The number of carbonyl (C=O) groups excluding carboxylic acids is 1. The van der Waals surface area contributed by atoms with Gasteiger partial charge in [-0.05, 0) is 74.7 Å². The smallest absolute Gasteiger partial charge is 0.209 e. The fourth-order valence-electron chi connectivity index (χ4n) is 5.24. The molecule has 2 aromatic carbocycles. The Morgan fingerprint density at radius 3 is 2.47 bits per heavy atom. The molecule has 200 valence electrons. The maximum Gasteiger partial charge on any atom is 0.209 e. The second-order valence-corrected chi connectivity index (χ2v) is 10.6. The number of aromatic nitrogens is 1. The van der Waals surface area contributed by atoms with Crippen molar-refractivity contribution in [2.75, 3.05) is 31.9 Å². The predicted octanol–water partition coefficient (Wildman–Crippen LogP) is 5.68. The van der Waals surface area contributed by atoms with Gasteiger partial charge in [-0.25, -0.2) is 4.98 Å². The summed E-state index contributed by atoms with van der Waals surface area (Å²) in [5, 5.41) is 1.06. The molecule has 9 heteroatoms. The first-order valence-electron chi connectivity index (χ1n) is 13.0. The largest absolute Gasteiger partial charge is 0.485 e. The molecule has 7 nitrogen and oxygen atoms in total. The lowest BCUT2D eigenvalue weighted by Crippen LogP contribution is -2.48. The number of rotatable bonds is 10. The van der Waals surface area contributed by atoms with E-state index in [2.05, 4.69) is 14.8 Å². The lowest BCUT2D eigenvalue weighted by molar-refractivity contribution is -0.122. The quantitative estimate of drug-likeness (QED) is 0.323. The number of hydrogen-bond acceptors (Lipinski definition) is 7. The molecular weight excluding hydrogens is 523 g/mol. The molecule has 2 fully saturated rings. The SMILES string of the molecule is Nc1ncc(-c2ccc(OC(C=O)N3CCC[C@@H]3CN3CCCC3)cc2)cc1OCc1c(Cl)cccc1Cl. The van der Waals surface area contributed by atoms with E-state index in [9.17, 15) is 4.79 Å². The van der Waals surface area contributed by atoms with Gasteiger partial charge in [0.05, 0.1) is 0 Å². The number of anilines is 1. The molecule has 0 radical (unpaired) electrons. The van der Waals surface area contributed by atoms with E-state index in [1.165, 1.54) is 12.8 Å². The highest BCUT2D eigenvalue weighted by atomic mass is 35.5. The molecule has 0 aliphatic carbocycles. The summed E-state index contributed by atoms with van der Waals surface area (Å²) in [7, 11) is 0. The zero-order chi connectivity index (χ0) is 26.5. The summed E-state index contributed by atoms with van der Waals surface area (Å²) < 4.78 is 12.1. The minimum Gasteiger partial charge on any atom is -0.485 e. The summed E-state index contributed by atoms with van der Waals surface area (Å²) >= 11 is 12.5. The van der Waals surface area contributed by atoms with Crippen LogP contribution in [0.3, 0.4) is 0 Å². The fourth-order valence-corrected chi connectivity index (χ4v) is 5.75. The highest BCUT2D eigenvalue weighted by Gasteiger charge is 2.33. The van der Waals surface area contributed by atoms with Gasteiger partial charge in [-0.1, -0.05) is 41.4 Å². The Morgan fingerprint density at radius 1 is 1.03 bits per heavy atom. The normalized spacial score (nSPS) is 18.9. The number of nitrogen functional groups attached to an aromatic ring is 1. The Balaban J connectivity index is 1.24. The van der Waals surface area contributed by atoms with Crippen molar-refractivity contribution in [1.82, 2.24) is 14.8 Å². The van der Waals surface area contributed by atoms with Crippen LogP contribution >= 0.6 is 23.2 Å². The molecule has 2 N–H and O–H groups in total. The molecule has 0 saturated carbocycles. The Kier molecular flexibility index (Phi) is 8.69. The van der Waals surface area contributed by atoms with Crippen LogP contribution in [0.15, 0.2) is 54.7 Å². The van der Waals surface area contributed by atoms with Crippen LogP contribution in [0.2, 0.25) is 10.0 Å². The monoisotopic (exact) mass is 554 g/mol. The van der Waals surface area contributed by atoms with E-state index < -0.39 is 6.23 Å². The highest BCUT2D eigenvalue weighted by molar-refractivity contribution is 6.35. The van der Waals surface area contributed by atoms with Gasteiger partial charge in [0.15, 0.2) is 17.9 Å². The van der Waals surface area contributed by atoms with Gasteiger partial charge < -0.3 is 20.1 Å². The number of halogens is 2. The zero-order valence-corrected chi connectivity index (χ0v) is 22.7. The van der Waals surface area contributed by atoms with E-state index in [-0.39, 0.29) is 12.4 Å². The molecule has 2 atom stereocenters. The molecule has 1 aromatic heterocycles. The van der Waals surface area contributed by atoms with Gasteiger partial charge in [-0.3, -0.25) is 9.69 Å². The van der Waals surface area contributed by atoms with Crippen LogP contribution in [0, 0.1) is 0 Å². The van der Waals surface area contributed by atoms with Crippen LogP contribution in [0.4, 0.5) is 5.82 Å². The third-order valence-corrected chi connectivity index (χ3v) is 8.00. The second kappa shape index (κ2) is 12.3. The Labute approximate surface area is 233 Å². The van der Waals surface area contributed by atoms with Gasteiger partial charge in [0.1, 0.15) is 12.4 Å². The molecule has 0 amide bonds. The second-order valence-electron chi connectivity index (χ2n) is 9.81. The minimum atomic E-state index is -0.592. The van der Waals surface area contributed by atoms with E-state index >= 15 is 0 Å². The number of nitrogens with zero attached hydrogens (tertiary/aromatic N) is 3. The van der Waals surface area contributed by atoms with Crippen molar-refractivity contribution < 1.29 is 14.3 Å². The summed E-state index contributed by atoms with van der Waals surface area (Å²) in [5.41, 5.74) is 8.50. The fraction of sp³-hybridized carbons (Fsp3) is 0.379. The van der Waals surface area contributed by atoms with E-state index in [1.54, 1.807) is 24.4 Å². The lowest BCUT2D eigenvalue weighted by Gasteiger charge is -2.32. The maximum absolute atomic E-state index is 12.0. The van der Waals surface area contributed by atoms with Gasteiger partial charge in [-0.15, -0.1) is 0 Å². The number of aldehydes is 1. The first-order chi connectivity index (χ1) is 18.5. The van der Waals surface area contributed by atoms with E-state index in [1.807, 2.05) is 30.3 Å². The first-order valence-corrected chi connectivity index (χ1v) is 13.8. The van der Waals surface area contributed by atoms with Crippen LogP contribution in [0.1, 0.15) is 31.2 Å². The summed E-state index contributed by atoms with van der Waals surface area (Å²) in [5.74, 6) is 1.36. The molecule has 2 saturated heterocycles. The van der Waals surface area contributed by atoms with Crippen LogP contribution in [0.5, 0.6) is 11.5 Å². The highest BCUT2D eigenvalue weighted by Crippen LogP contribution is 2.31. The number of benzene rings is 2. The van der Waals surface area contributed by atoms with Crippen molar-refractivity contribution >= 4 is 35.3 Å². The number of ether oxygens (including phenoxy) is 2. The third-order valence-electron chi connectivity index (χ3n) is 7.29. The van der Waals surface area contributed by atoms with Crippen LogP contribution in [-0.4, -0.2) is 59.5 Å². The predicted molar refractivity (Wildman–Crippen MR) is 151 cm³/mol. The molecule has 0 bridgehead atoms. The van der Waals surface area contributed by atoms with Crippen molar-refractivity contribution in [2.24, 2.45) is 0 Å². The zero-order valence-electron chi connectivity index (χ0n) is 21.2. The number of nitrogens with two attached hydrogens (primary N) is 1. The molecule has 3 heterocycles. The Morgan fingerprint density at radius 2 is 1.76 bits per heavy atom. The van der Waals surface area contributed by atoms with Gasteiger partial charge in [0, 0.05) is 46.5 Å². The molecular formula is C29H32Cl2N4O3. The van der Waals surface area contributed by atoms with Crippen molar-refractivity contribution in [2.45, 2.75) is 44.6 Å². The summed E-state index contributed by atoms with van der Waals surface area (Å²) in [6.07, 6.45) is 6.73. The van der Waals surface area contributed by atoms with E-state index in [0.29, 0.717) is 33.1 Å². The number of likely N-dealkylation sites (tertiary alicyclic amines) is 2. The van der Waals surface area contributed by atoms with Crippen LogP contribution < -0.4 is 15.2 Å². The topological polar surface area (TPSA) is 80.9 Å². The lowest BCUT2D eigenvalue weighted by atomic mass is 10.1. The standard InChI is InChI=1S/C29H32Cl2N4O3/c30-25-6-3-7-26(31)24(25)19-37-27-15-21(16-33-29(27)32)20-8-10-23(11-9-20)38-28(18-36)35-14-4-5-22(35)17-34-12-1-2-13-34/h3,6-11,15-16,18,22,28H,1-2,4-5,12-14,17,19H2,(H2,32,33)/t22-,28?/m1/s1. The molecule has 2 aliphatic heterocycles. The molecule has 2 aliphatic rings. The third kappa shape index (κ3) is 6.24. The maximum atomic E-state index is 12.0.